The van der Waals surface area contributed by atoms with Crippen LogP contribution < -0.4 is 10.3 Å². The second-order valence-electron chi connectivity index (χ2n) is 6.44. The van der Waals surface area contributed by atoms with Gasteiger partial charge >= 0.3 is 5.97 Å². The van der Waals surface area contributed by atoms with Gasteiger partial charge in [0.25, 0.3) is 5.56 Å². The normalized spacial score (nSPS) is 10.9. The van der Waals surface area contributed by atoms with Crippen molar-refractivity contribution in [2.24, 2.45) is 0 Å². The summed E-state index contributed by atoms with van der Waals surface area (Å²) in [4.78, 5) is 29.0. The fourth-order valence-electron chi connectivity index (χ4n) is 3.10. The number of fused-ring (bicyclic) bond motifs is 1. The molecule has 0 unspecified atom stereocenters. The molecular weight excluding hydrogens is 328 g/mol. The number of carbonyl (C=O) groups excluding carboxylic acids is 1. The van der Waals surface area contributed by atoms with Crippen molar-refractivity contribution in [3.63, 3.8) is 0 Å². The van der Waals surface area contributed by atoms with Gasteiger partial charge in [-0.2, -0.15) is 0 Å². The Hall–Kier alpha value is -2.95. The molecule has 26 heavy (non-hydrogen) atoms. The lowest BCUT2D eigenvalue weighted by Gasteiger charge is -2.16. The Morgan fingerprint density at radius 1 is 1.15 bits per heavy atom. The average molecular weight is 350 g/mol. The van der Waals surface area contributed by atoms with Crippen molar-refractivity contribution in [3.05, 3.63) is 57.9 Å². The fraction of sp³-hybridized carbons (Fsp3) is 0.286. The van der Waals surface area contributed by atoms with Gasteiger partial charge in [-0.3, -0.25) is 14.2 Å². The molecule has 0 aliphatic rings. The molecule has 0 saturated carbocycles. The van der Waals surface area contributed by atoms with Gasteiger partial charge in [-0.05, 0) is 55.7 Å². The molecule has 3 aromatic rings. The Labute approximate surface area is 152 Å². The van der Waals surface area contributed by atoms with Crippen molar-refractivity contribution in [2.45, 2.75) is 40.7 Å². The lowest BCUT2D eigenvalue weighted by molar-refractivity contribution is -0.131. The highest BCUT2D eigenvalue weighted by molar-refractivity contribution is 5.80. The number of ether oxygens (including phenoxy) is 1. The molecule has 0 amide bonds. The highest BCUT2D eigenvalue weighted by Gasteiger charge is 2.16. The van der Waals surface area contributed by atoms with E-state index in [9.17, 15) is 9.59 Å². The molecule has 0 aliphatic carbocycles. The van der Waals surface area contributed by atoms with Gasteiger partial charge in [-0.25, -0.2) is 4.98 Å². The number of aryl methyl sites for hydroxylation is 2. The molecule has 0 spiro atoms. The van der Waals surface area contributed by atoms with E-state index in [4.69, 9.17) is 9.72 Å². The number of rotatable bonds is 4. The molecule has 0 saturated heterocycles. The highest BCUT2D eigenvalue weighted by atomic mass is 16.5. The van der Waals surface area contributed by atoms with Crippen LogP contribution in [0.3, 0.4) is 0 Å². The van der Waals surface area contributed by atoms with Gasteiger partial charge in [0.2, 0.25) is 0 Å². The van der Waals surface area contributed by atoms with Crippen molar-refractivity contribution in [2.75, 3.05) is 0 Å². The maximum absolute atomic E-state index is 13.0. The van der Waals surface area contributed by atoms with E-state index in [1.807, 2.05) is 57.2 Å². The van der Waals surface area contributed by atoms with Crippen LogP contribution in [0.15, 0.2) is 41.2 Å². The molecular formula is C21H22N2O3. The molecule has 1 heterocycles. The summed E-state index contributed by atoms with van der Waals surface area (Å²) < 4.78 is 6.99. The van der Waals surface area contributed by atoms with E-state index < -0.39 is 0 Å². The van der Waals surface area contributed by atoms with Crippen LogP contribution in [-0.2, 0) is 11.3 Å². The van der Waals surface area contributed by atoms with E-state index in [1.165, 1.54) is 6.92 Å². The maximum atomic E-state index is 13.0. The number of hydrogen-bond acceptors (Lipinski definition) is 4. The Morgan fingerprint density at radius 3 is 2.58 bits per heavy atom. The van der Waals surface area contributed by atoms with Crippen LogP contribution in [0.4, 0.5) is 0 Å². The number of carbonyl (C=O) groups is 1. The molecule has 0 atom stereocenters. The number of nitrogens with zero attached hydrogens (tertiary/aromatic N) is 2. The topological polar surface area (TPSA) is 61.2 Å². The lowest BCUT2D eigenvalue weighted by Crippen LogP contribution is -2.23. The van der Waals surface area contributed by atoms with E-state index in [2.05, 4.69) is 0 Å². The van der Waals surface area contributed by atoms with Crippen molar-refractivity contribution in [1.82, 2.24) is 9.55 Å². The number of esters is 1. The molecule has 5 nitrogen and oxygen atoms in total. The predicted molar refractivity (Wildman–Crippen MR) is 103 cm³/mol. The molecule has 0 radical (unpaired) electrons. The first-order chi connectivity index (χ1) is 12.4. The van der Waals surface area contributed by atoms with Crippen LogP contribution >= 0.6 is 0 Å². The van der Waals surface area contributed by atoms with Crippen molar-refractivity contribution >= 4 is 16.9 Å². The van der Waals surface area contributed by atoms with Gasteiger partial charge in [0.05, 0.1) is 10.9 Å². The zero-order chi connectivity index (χ0) is 18.8. The fourth-order valence-corrected chi connectivity index (χ4v) is 3.10. The number of benzene rings is 2. The molecule has 134 valence electrons. The van der Waals surface area contributed by atoms with Crippen molar-refractivity contribution in [1.29, 1.82) is 0 Å². The summed E-state index contributed by atoms with van der Waals surface area (Å²) in [6.07, 6.45) is 0.830. The summed E-state index contributed by atoms with van der Waals surface area (Å²) in [5.74, 6) is 0.821. The molecule has 0 N–H and O–H groups in total. The van der Waals surface area contributed by atoms with Crippen LogP contribution in [0.1, 0.15) is 31.4 Å². The lowest BCUT2D eigenvalue weighted by atomic mass is 10.0. The largest absolute Gasteiger partial charge is 0.426 e. The quantitative estimate of drug-likeness (QED) is 0.527. The predicted octanol–water partition coefficient (Wildman–Crippen LogP) is 4.02. The summed E-state index contributed by atoms with van der Waals surface area (Å²) in [6.45, 7) is 7.82. The minimum absolute atomic E-state index is 0.0337. The smallest absolute Gasteiger partial charge is 0.308 e. The minimum Gasteiger partial charge on any atom is -0.426 e. The highest BCUT2D eigenvalue weighted by Crippen LogP contribution is 2.30. The monoisotopic (exact) mass is 350 g/mol. The zero-order valence-electron chi connectivity index (χ0n) is 15.5. The van der Waals surface area contributed by atoms with Gasteiger partial charge in [-0.15, -0.1) is 0 Å². The van der Waals surface area contributed by atoms with E-state index in [0.29, 0.717) is 29.0 Å². The first kappa shape index (κ1) is 17.9. The second kappa shape index (κ2) is 7.12. The maximum Gasteiger partial charge on any atom is 0.308 e. The van der Waals surface area contributed by atoms with Crippen molar-refractivity contribution < 1.29 is 9.53 Å². The van der Waals surface area contributed by atoms with Crippen LogP contribution in [0.2, 0.25) is 0 Å². The SMILES string of the molecule is CCCn1c(-c2cc(C)c(OC(C)=O)cc2C)nc2ccccc2c1=O. The molecule has 3 rings (SSSR count). The van der Waals surface area contributed by atoms with Crippen LogP contribution in [-0.4, -0.2) is 15.5 Å². The first-order valence-corrected chi connectivity index (χ1v) is 8.72. The van der Waals surface area contributed by atoms with E-state index in [1.54, 1.807) is 4.57 Å². The molecule has 0 fully saturated rings. The summed E-state index contributed by atoms with van der Waals surface area (Å²) in [5, 5.41) is 0.621. The Bertz CT molecular complexity index is 1050. The Kier molecular flexibility index (Phi) is 4.89. The number of aromatic nitrogens is 2. The van der Waals surface area contributed by atoms with E-state index in [0.717, 1.165) is 23.1 Å². The van der Waals surface area contributed by atoms with Gasteiger partial charge in [0, 0.05) is 19.0 Å². The summed E-state index contributed by atoms with van der Waals surface area (Å²) >= 11 is 0. The Morgan fingerprint density at radius 2 is 1.88 bits per heavy atom. The van der Waals surface area contributed by atoms with Crippen LogP contribution in [0.25, 0.3) is 22.3 Å². The molecule has 0 bridgehead atoms. The van der Waals surface area contributed by atoms with Gasteiger partial charge in [0.1, 0.15) is 11.6 Å². The van der Waals surface area contributed by atoms with Gasteiger partial charge in [0.15, 0.2) is 0 Å². The van der Waals surface area contributed by atoms with Crippen molar-refractivity contribution in [3.8, 4) is 17.1 Å². The second-order valence-corrected chi connectivity index (χ2v) is 6.44. The van der Waals surface area contributed by atoms with Gasteiger partial charge < -0.3 is 4.74 Å². The third-order valence-corrected chi connectivity index (χ3v) is 4.33. The summed E-state index contributed by atoms with van der Waals surface area (Å²) in [7, 11) is 0. The molecule has 2 aromatic carbocycles. The zero-order valence-corrected chi connectivity index (χ0v) is 15.5. The summed E-state index contributed by atoms with van der Waals surface area (Å²) in [6, 6.07) is 11.1. The third-order valence-electron chi connectivity index (χ3n) is 4.33. The molecule has 5 heteroatoms. The third kappa shape index (κ3) is 3.25. The minimum atomic E-state index is -0.355. The molecule has 1 aromatic heterocycles. The van der Waals surface area contributed by atoms with Gasteiger partial charge in [-0.1, -0.05) is 19.1 Å². The first-order valence-electron chi connectivity index (χ1n) is 8.72. The molecule has 0 aliphatic heterocycles. The number of para-hydroxylation sites is 1. The van der Waals surface area contributed by atoms with Crippen LogP contribution in [0, 0.1) is 13.8 Å². The van der Waals surface area contributed by atoms with E-state index >= 15 is 0 Å². The average Bonchev–Trinajstić information content (AvgIpc) is 2.60. The summed E-state index contributed by atoms with van der Waals surface area (Å²) in [5.41, 5.74) is 3.24. The number of hydrogen-bond donors (Lipinski definition) is 0. The standard InChI is InChI=1S/C21H22N2O3/c1-5-10-23-20(22-18-9-7-6-8-16(18)21(23)25)17-11-14(3)19(12-13(17)2)26-15(4)24/h6-9,11-12H,5,10H2,1-4H3. The van der Waals surface area contributed by atoms with E-state index in [-0.39, 0.29) is 11.5 Å². The Balaban J connectivity index is 2.27. The van der Waals surface area contributed by atoms with Crippen LogP contribution in [0.5, 0.6) is 5.75 Å².